The molecule has 0 aliphatic rings. The Hall–Kier alpha value is -6.55. The summed E-state index contributed by atoms with van der Waals surface area (Å²) in [5.74, 6) is 0.459. The largest absolute Gasteiger partial charge is 0.510 e. The first kappa shape index (κ1) is 28.0. The summed E-state index contributed by atoms with van der Waals surface area (Å²) in [6.45, 7) is 8.07. The Morgan fingerprint density at radius 1 is 0.700 bits per heavy atom. The van der Waals surface area contributed by atoms with Crippen molar-refractivity contribution < 1.29 is 45.4 Å². The summed E-state index contributed by atoms with van der Waals surface area (Å²) >= 11 is 0. The SMILES string of the molecule is [2H]c1c([2H])c([2H])c(-c2cccc(-c3c([2H])c([2H])c([2H])c([2H])c3[2H])c2-[n+]2[c-]n(-c3[c-]c(Oc4[c-]c5c(cc4)c4ccccc4n5-c4cc(C([2H])(C)C(C)(C)C)ccn4)ccc3)c3ccccc32)c([2H])c1[2H].[Pt]. The van der Waals surface area contributed by atoms with Crippen LogP contribution >= 0.6 is 0 Å². The molecule has 0 saturated carbocycles. The number of hydrogen-bond acceptors (Lipinski definition) is 2. The molecule has 1 atom stereocenters. The fraction of sp³-hybridized carbons (Fsp3) is 0.111. The Morgan fingerprint density at radius 3 is 2.07 bits per heavy atom. The van der Waals surface area contributed by atoms with Crippen molar-refractivity contribution in [3.63, 3.8) is 0 Å². The third-order valence-electron chi connectivity index (χ3n) is 10.7. The van der Waals surface area contributed by atoms with E-state index in [0.29, 0.717) is 34.0 Å². The molecule has 0 aliphatic carbocycles. The molecule has 0 aliphatic heterocycles. The summed E-state index contributed by atoms with van der Waals surface area (Å²) in [6, 6.07) is 34.6. The second kappa shape index (κ2) is 15.9. The number of pyridine rings is 1. The van der Waals surface area contributed by atoms with Crippen LogP contribution < -0.4 is 9.30 Å². The van der Waals surface area contributed by atoms with E-state index in [1.807, 2.05) is 72.2 Å². The minimum absolute atomic E-state index is 0. The summed E-state index contributed by atoms with van der Waals surface area (Å²) in [6.07, 6.45) is 5.13. The first-order chi connectivity index (χ1) is 33.3. The van der Waals surface area contributed by atoms with Gasteiger partial charge in [-0.3, -0.25) is 4.57 Å². The van der Waals surface area contributed by atoms with E-state index < -0.39 is 66.3 Å². The predicted molar refractivity (Wildman–Crippen MR) is 239 cm³/mol. The third kappa shape index (κ3) is 7.03. The molecule has 10 rings (SSSR count). The summed E-state index contributed by atoms with van der Waals surface area (Å²) in [5, 5.41) is 1.93. The van der Waals surface area contributed by atoms with Crippen molar-refractivity contribution in [3.8, 4) is 50.9 Å². The van der Waals surface area contributed by atoms with Crippen molar-refractivity contribution in [3.05, 3.63) is 200 Å². The van der Waals surface area contributed by atoms with Crippen LogP contribution in [0.4, 0.5) is 0 Å². The zero-order valence-corrected chi connectivity index (χ0v) is 35.3. The Kier molecular flexibility index (Phi) is 7.42. The zero-order chi connectivity index (χ0) is 49.7. The number of rotatable bonds is 8. The van der Waals surface area contributed by atoms with Crippen LogP contribution in [0.3, 0.4) is 0 Å². The van der Waals surface area contributed by atoms with Gasteiger partial charge in [0.25, 0.3) is 6.33 Å². The molecule has 0 bridgehead atoms. The maximum atomic E-state index is 9.32. The van der Waals surface area contributed by atoms with Crippen molar-refractivity contribution >= 4 is 32.8 Å². The van der Waals surface area contributed by atoms with E-state index in [1.54, 1.807) is 63.9 Å². The standard InChI is InChI=1S/C54H42N4O.Pt/c1-37(54(2,3)4)40-31-32-55-52(33-40)58-48-26-12-11-23-46(48)47-30-29-43(35-51(47)58)59-42-22-15-21-41(34-42)56-36-57(50-28-14-13-27-49(50)56)53-44(38-17-7-5-8-18-38)24-16-25-45(53)39-19-9-6-10-20-39;/h5-33,37H,1-4H3;/q-2;/i5D,6D,7D,8D,9D,10D,17D,18D,19D,20D,37D;. The number of nitrogens with zero attached hydrogens (tertiary/aromatic N) is 4. The van der Waals surface area contributed by atoms with Crippen LogP contribution in [0.2, 0.25) is 0 Å². The van der Waals surface area contributed by atoms with Gasteiger partial charge in [-0.05, 0) is 68.4 Å². The molecule has 5 nitrogen and oxygen atoms in total. The minimum Gasteiger partial charge on any atom is -0.510 e. The molecule has 0 saturated heterocycles. The van der Waals surface area contributed by atoms with Crippen molar-refractivity contribution in [2.75, 3.05) is 0 Å². The van der Waals surface area contributed by atoms with Gasteiger partial charge in [0.15, 0.2) is 0 Å². The van der Waals surface area contributed by atoms with Crippen molar-refractivity contribution in [2.24, 2.45) is 5.41 Å². The molecule has 6 heteroatoms. The molecule has 10 aromatic rings. The van der Waals surface area contributed by atoms with Crippen LogP contribution in [0.25, 0.3) is 72.3 Å². The van der Waals surface area contributed by atoms with Crippen LogP contribution in [0.5, 0.6) is 11.5 Å². The fourth-order valence-corrected chi connectivity index (χ4v) is 7.48. The van der Waals surface area contributed by atoms with Gasteiger partial charge in [-0.15, -0.1) is 29.7 Å². The van der Waals surface area contributed by atoms with Crippen LogP contribution in [0, 0.1) is 23.9 Å². The van der Waals surface area contributed by atoms with Crippen molar-refractivity contribution in [1.82, 2.24) is 14.1 Å². The molecule has 0 N–H and O–H groups in total. The number of para-hydroxylation sites is 4. The Morgan fingerprint density at radius 2 is 1.35 bits per heavy atom. The molecular weight excluding hydrogens is 916 g/mol. The van der Waals surface area contributed by atoms with Crippen LogP contribution in [-0.2, 0) is 21.1 Å². The first-order valence-electron chi connectivity index (χ1n) is 24.7. The molecule has 3 aromatic heterocycles. The van der Waals surface area contributed by atoms with E-state index in [0.717, 1.165) is 27.4 Å². The quantitative estimate of drug-likeness (QED) is 0.112. The molecule has 0 fully saturated rings. The van der Waals surface area contributed by atoms with E-state index >= 15 is 0 Å². The average Bonchev–Trinajstić information content (AvgIpc) is 3.90. The molecule has 1 unspecified atom stereocenters. The first-order valence-corrected chi connectivity index (χ1v) is 19.2. The van der Waals surface area contributed by atoms with Gasteiger partial charge < -0.3 is 13.9 Å². The second-order valence-electron chi connectivity index (χ2n) is 15.2. The summed E-state index contributed by atoms with van der Waals surface area (Å²) in [5.41, 5.74) is 3.85. The minimum atomic E-state index is -0.912. The zero-order valence-electron chi connectivity index (χ0n) is 44.0. The molecule has 7 aromatic carbocycles. The average molecular weight is 969 g/mol. The molecule has 0 spiro atoms. The molecule has 0 amide bonds. The monoisotopic (exact) mass is 968 g/mol. The van der Waals surface area contributed by atoms with Crippen LogP contribution in [0.1, 0.15) is 54.2 Å². The Labute approximate surface area is 380 Å². The second-order valence-corrected chi connectivity index (χ2v) is 15.2. The topological polar surface area (TPSA) is 35.9 Å². The summed E-state index contributed by atoms with van der Waals surface area (Å²) in [7, 11) is 0. The van der Waals surface area contributed by atoms with Crippen molar-refractivity contribution in [2.45, 2.75) is 33.6 Å². The molecular formula is C54H42N4OPt-2. The predicted octanol–water partition coefficient (Wildman–Crippen LogP) is 13.1. The number of aromatic nitrogens is 4. The van der Waals surface area contributed by atoms with E-state index in [2.05, 4.69) is 39.2 Å². The Balaban J connectivity index is 0.00000624. The molecule has 60 heavy (non-hydrogen) atoms. The number of fused-ring (bicyclic) bond motifs is 4. The molecule has 296 valence electrons. The maximum absolute atomic E-state index is 9.32. The number of benzene rings is 7. The Bertz CT molecular complexity index is 3660. The van der Waals surface area contributed by atoms with Gasteiger partial charge in [-0.25, -0.2) is 4.98 Å². The fourth-order valence-electron chi connectivity index (χ4n) is 7.48. The van der Waals surface area contributed by atoms with Gasteiger partial charge in [0.05, 0.1) is 30.4 Å². The van der Waals surface area contributed by atoms with E-state index in [1.165, 1.54) is 0 Å². The third-order valence-corrected chi connectivity index (χ3v) is 10.7. The van der Waals surface area contributed by atoms with Gasteiger partial charge in [-0.1, -0.05) is 154 Å². The number of hydrogen-bond donors (Lipinski definition) is 0. The van der Waals surface area contributed by atoms with Gasteiger partial charge >= 0.3 is 0 Å². The summed E-state index contributed by atoms with van der Waals surface area (Å²) in [4.78, 5) is 4.79. The number of imidazole rings is 1. The van der Waals surface area contributed by atoms with Gasteiger partial charge in [-0.2, -0.15) is 18.2 Å². The van der Waals surface area contributed by atoms with E-state index in [9.17, 15) is 1.37 Å². The van der Waals surface area contributed by atoms with Gasteiger partial charge in [0.2, 0.25) is 0 Å². The molecule has 3 heterocycles. The van der Waals surface area contributed by atoms with Crippen LogP contribution in [0.15, 0.2) is 176 Å². The maximum Gasteiger partial charge on any atom is 0.268 e. The van der Waals surface area contributed by atoms with E-state index in [4.69, 9.17) is 23.4 Å². The normalized spacial score (nSPS) is 15.2. The van der Waals surface area contributed by atoms with Gasteiger partial charge in [0, 0.05) is 45.6 Å². The van der Waals surface area contributed by atoms with Gasteiger partial charge in [0.1, 0.15) is 5.82 Å². The van der Waals surface area contributed by atoms with Crippen LogP contribution in [-0.4, -0.2) is 14.1 Å². The summed E-state index contributed by atoms with van der Waals surface area (Å²) < 4.78 is 108. The number of ether oxygens (including phenoxy) is 1. The molecule has 0 radical (unpaired) electrons. The van der Waals surface area contributed by atoms with E-state index in [-0.39, 0.29) is 54.4 Å². The smallest absolute Gasteiger partial charge is 0.268 e. The van der Waals surface area contributed by atoms with Crippen molar-refractivity contribution in [1.29, 1.82) is 0 Å².